The van der Waals surface area contributed by atoms with E-state index in [-0.39, 0.29) is 0 Å². The summed E-state index contributed by atoms with van der Waals surface area (Å²) < 4.78 is 4.32. The average molecular weight is 110 g/mol. The van der Waals surface area contributed by atoms with E-state index in [9.17, 15) is 0 Å². The third-order valence-corrected chi connectivity index (χ3v) is 0.570. The van der Waals surface area contributed by atoms with Gasteiger partial charge in [-0.05, 0) is 13.8 Å². The molecular formula is C5H6N2O. The second-order valence-electron chi connectivity index (χ2n) is 1.82. The molecule has 0 spiro atoms. The number of hydrogen-bond acceptors (Lipinski definition) is 3. The van der Waals surface area contributed by atoms with E-state index < -0.39 is 5.60 Å². The van der Waals surface area contributed by atoms with Crippen molar-refractivity contribution in [3.05, 3.63) is 0 Å². The molecule has 0 aliphatic rings. The summed E-state index contributed by atoms with van der Waals surface area (Å²) in [5.41, 5.74) is -0.964. The molecule has 0 aromatic rings. The van der Waals surface area contributed by atoms with Crippen molar-refractivity contribution >= 4 is 0 Å². The van der Waals surface area contributed by atoms with Gasteiger partial charge in [0.15, 0.2) is 0 Å². The molecule has 0 aromatic carbocycles. The van der Waals surface area contributed by atoms with E-state index in [2.05, 4.69) is 4.74 Å². The molecule has 0 rings (SSSR count). The lowest BCUT2D eigenvalue weighted by molar-refractivity contribution is 0.129. The van der Waals surface area contributed by atoms with Crippen LogP contribution in [0.1, 0.15) is 13.8 Å². The van der Waals surface area contributed by atoms with Gasteiger partial charge in [0.1, 0.15) is 6.07 Å². The van der Waals surface area contributed by atoms with Gasteiger partial charge in [-0.25, -0.2) is 0 Å². The fraction of sp³-hybridized carbons (Fsp3) is 0.600. The van der Waals surface area contributed by atoms with Gasteiger partial charge in [0.05, 0.1) is 0 Å². The van der Waals surface area contributed by atoms with Gasteiger partial charge < -0.3 is 4.74 Å². The Kier molecular flexibility index (Phi) is 1.85. The molecule has 0 aliphatic heterocycles. The van der Waals surface area contributed by atoms with Crippen LogP contribution >= 0.6 is 0 Å². The molecule has 0 amide bonds. The molecule has 0 fully saturated rings. The van der Waals surface area contributed by atoms with Crippen molar-refractivity contribution in [2.24, 2.45) is 0 Å². The topological polar surface area (TPSA) is 56.8 Å². The van der Waals surface area contributed by atoms with Gasteiger partial charge in [-0.1, -0.05) is 0 Å². The van der Waals surface area contributed by atoms with Crippen molar-refractivity contribution in [3.63, 3.8) is 0 Å². The summed E-state index contributed by atoms with van der Waals surface area (Å²) in [5, 5.41) is 16.1. The number of nitriles is 2. The van der Waals surface area contributed by atoms with E-state index in [1.807, 2.05) is 0 Å². The van der Waals surface area contributed by atoms with Crippen molar-refractivity contribution in [3.8, 4) is 12.3 Å². The lowest BCUT2D eigenvalue weighted by atomic mass is 10.2. The predicted octanol–water partition coefficient (Wildman–Crippen LogP) is 0.786. The van der Waals surface area contributed by atoms with Crippen molar-refractivity contribution in [1.82, 2.24) is 0 Å². The summed E-state index contributed by atoms with van der Waals surface area (Å²) in [6, 6.07) is 1.80. The highest BCUT2D eigenvalue weighted by molar-refractivity contribution is 4.95. The van der Waals surface area contributed by atoms with E-state index >= 15 is 0 Å². The average Bonchev–Trinajstić information content (AvgIpc) is 1.67. The second-order valence-corrected chi connectivity index (χ2v) is 1.82. The van der Waals surface area contributed by atoms with Gasteiger partial charge in [0.2, 0.25) is 5.60 Å². The minimum Gasteiger partial charge on any atom is -0.406 e. The Hall–Kier alpha value is -1.22. The Balaban J connectivity index is 3.82. The lowest BCUT2D eigenvalue weighted by Crippen LogP contribution is -2.18. The smallest absolute Gasteiger partial charge is 0.287 e. The van der Waals surface area contributed by atoms with Gasteiger partial charge in [-0.3, -0.25) is 0 Å². The molecule has 0 aromatic heterocycles. The Morgan fingerprint density at radius 1 is 1.38 bits per heavy atom. The van der Waals surface area contributed by atoms with E-state index in [4.69, 9.17) is 10.5 Å². The zero-order valence-corrected chi connectivity index (χ0v) is 4.80. The maximum absolute atomic E-state index is 8.20. The largest absolute Gasteiger partial charge is 0.406 e. The normalized spacial score (nSPS) is 9.00. The quantitative estimate of drug-likeness (QED) is 0.469. The molecule has 3 nitrogen and oxygen atoms in total. The van der Waals surface area contributed by atoms with E-state index in [1.165, 1.54) is 20.1 Å². The van der Waals surface area contributed by atoms with Crippen molar-refractivity contribution in [2.75, 3.05) is 0 Å². The molecule has 0 bridgehead atoms. The highest BCUT2D eigenvalue weighted by Gasteiger charge is 2.16. The number of rotatable bonds is 1. The zero-order valence-electron chi connectivity index (χ0n) is 4.80. The highest BCUT2D eigenvalue weighted by Crippen LogP contribution is 2.03. The number of hydrogen-bond donors (Lipinski definition) is 0. The summed E-state index contributed by atoms with van der Waals surface area (Å²) in [4.78, 5) is 0. The zero-order chi connectivity index (χ0) is 6.62. The minimum atomic E-state index is -0.964. The first-order valence-corrected chi connectivity index (χ1v) is 2.11. The Morgan fingerprint density at radius 2 is 1.88 bits per heavy atom. The molecule has 0 heterocycles. The number of nitrogens with zero attached hydrogens (tertiary/aromatic N) is 2. The van der Waals surface area contributed by atoms with E-state index in [1.54, 1.807) is 6.07 Å². The molecule has 0 N–H and O–H groups in total. The summed E-state index contributed by atoms with van der Waals surface area (Å²) in [5.74, 6) is 0. The van der Waals surface area contributed by atoms with Gasteiger partial charge in [-0.15, -0.1) is 0 Å². The second kappa shape index (κ2) is 2.18. The first-order valence-electron chi connectivity index (χ1n) is 2.11. The fourth-order valence-corrected chi connectivity index (χ4v) is 0.137. The van der Waals surface area contributed by atoms with Gasteiger partial charge in [-0.2, -0.15) is 10.5 Å². The summed E-state index contributed by atoms with van der Waals surface area (Å²) >= 11 is 0. The molecule has 0 unspecified atom stereocenters. The first-order chi connectivity index (χ1) is 3.62. The van der Waals surface area contributed by atoms with Crippen LogP contribution in [0.5, 0.6) is 0 Å². The van der Waals surface area contributed by atoms with Crippen LogP contribution in [-0.4, -0.2) is 5.60 Å². The Morgan fingerprint density at radius 3 is 2.00 bits per heavy atom. The van der Waals surface area contributed by atoms with Crippen LogP contribution < -0.4 is 0 Å². The van der Waals surface area contributed by atoms with Gasteiger partial charge in [0.25, 0.3) is 6.26 Å². The van der Waals surface area contributed by atoms with Crippen LogP contribution in [0.3, 0.4) is 0 Å². The summed E-state index contributed by atoms with van der Waals surface area (Å²) in [7, 11) is 0. The summed E-state index contributed by atoms with van der Waals surface area (Å²) in [6.07, 6.45) is 1.44. The molecule has 3 heteroatoms. The fourth-order valence-electron chi connectivity index (χ4n) is 0.137. The SMILES string of the molecule is CC(C)(C#N)OC#N. The van der Waals surface area contributed by atoms with Gasteiger partial charge >= 0.3 is 0 Å². The van der Waals surface area contributed by atoms with Crippen LogP contribution in [-0.2, 0) is 4.74 Å². The molecule has 42 valence electrons. The maximum Gasteiger partial charge on any atom is 0.287 e. The third kappa shape index (κ3) is 2.04. The molecule has 0 saturated carbocycles. The van der Waals surface area contributed by atoms with Crippen LogP contribution in [0.25, 0.3) is 0 Å². The van der Waals surface area contributed by atoms with Crippen molar-refractivity contribution in [1.29, 1.82) is 10.5 Å². The van der Waals surface area contributed by atoms with Gasteiger partial charge in [0, 0.05) is 0 Å². The van der Waals surface area contributed by atoms with Crippen LogP contribution in [0, 0.1) is 22.8 Å². The van der Waals surface area contributed by atoms with E-state index in [0.29, 0.717) is 0 Å². The van der Waals surface area contributed by atoms with Crippen LogP contribution in [0.15, 0.2) is 0 Å². The molecule has 0 saturated heterocycles. The molecule has 0 radical (unpaired) electrons. The molecule has 8 heavy (non-hydrogen) atoms. The monoisotopic (exact) mass is 110 g/mol. The maximum atomic E-state index is 8.20. The predicted molar refractivity (Wildman–Crippen MR) is 26.4 cm³/mol. The van der Waals surface area contributed by atoms with Crippen molar-refractivity contribution in [2.45, 2.75) is 19.4 Å². The van der Waals surface area contributed by atoms with E-state index in [0.717, 1.165) is 0 Å². The highest BCUT2D eigenvalue weighted by atomic mass is 16.5. The Bertz CT molecular complexity index is 149. The molecular weight excluding hydrogens is 104 g/mol. The molecule has 0 aliphatic carbocycles. The number of ether oxygens (including phenoxy) is 1. The first kappa shape index (κ1) is 6.78. The standard InChI is InChI=1S/C5H6N2O/c1-5(2,3-6)8-4-7/h1-2H3. The lowest BCUT2D eigenvalue weighted by Gasteiger charge is -2.08. The van der Waals surface area contributed by atoms with Crippen LogP contribution in [0.4, 0.5) is 0 Å². The van der Waals surface area contributed by atoms with Crippen molar-refractivity contribution < 1.29 is 4.74 Å². The summed E-state index contributed by atoms with van der Waals surface area (Å²) in [6.45, 7) is 3.05. The Labute approximate surface area is 48.1 Å². The minimum absolute atomic E-state index is 0.964. The molecule has 0 atom stereocenters. The van der Waals surface area contributed by atoms with Crippen LogP contribution in [0.2, 0.25) is 0 Å². The third-order valence-electron chi connectivity index (χ3n) is 0.570.